The van der Waals surface area contributed by atoms with Gasteiger partial charge in [0, 0.05) is 6.61 Å². The first-order valence-corrected chi connectivity index (χ1v) is 11.2. The zero-order valence-corrected chi connectivity index (χ0v) is 17.7. The topological polar surface area (TPSA) is 60.9 Å². The van der Waals surface area contributed by atoms with Gasteiger partial charge in [0.2, 0.25) is 12.7 Å². The van der Waals surface area contributed by atoms with Crippen LogP contribution >= 0.6 is 11.3 Å². The van der Waals surface area contributed by atoms with Crippen molar-refractivity contribution in [1.82, 2.24) is 4.98 Å². The van der Waals surface area contributed by atoms with Gasteiger partial charge in [0.25, 0.3) is 0 Å². The van der Waals surface area contributed by atoms with Crippen molar-refractivity contribution in [3.63, 3.8) is 0 Å². The number of benzene rings is 2. The fourth-order valence-corrected chi connectivity index (χ4v) is 5.03. The van der Waals surface area contributed by atoms with Gasteiger partial charge in [0.1, 0.15) is 0 Å². The van der Waals surface area contributed by atoms with E-state index in [0.29, 0.717) is 12.3 Å². The molecule has 5 rings (SSSR count). The van der Waals surface area contributed by atoms with E-state index in [1.165, 1.54) is 5.56 Å². The molecule has 1 aromatic heterocycles. The second-order valence-corrected chi connectivity index (χ2v) is 8.63. The number of nitrogens with zero attached hydrogens (tertiary/aromatic N) is 2. The van der Waals surface area contributed by atoms with Crippen molar-refractivity contribution in [2.45, 2.75) is 38.7 Å². The van der Waals surface area contributed by atoms with Gasteiger partial charge in [-0.05, 0) is 48.6 Å². The van der Waals surface area contributed by atoms with E-state index in [-0.39, 0.29) is 25.2 Å². The SMILES string of the molecule is CCc1cccc2sc(N(CC3CCCO3)C(=O)Cc3ccc4c(c3)OCO4)nc12. The molecule has 2 aromatic carbocycles. The minimum absolute atomic E-state index is 0.0152. The maximum absolute atomic E-state index is 13.4. The Morgan fingerprint density at radius 3 is 2.97 bits per heavy atom. The molecule has 3 heterocycles. The molecule has 1 atom stereocenters. The lowest BCUT2D eigenvalue weighted by Crippen LogP contribution is -2.38. The standard InChI is InChI=1S/C23H24N2O4S/c1-2-16-5-3-7-20-22(16)24-23(30-20)25(13-17-6-4-10-27-17)21(26)12-15-8-9-18-19(11-15)29-14-28-18/h3,5,7-9,11,17H,2,4,6,10,12-14H2,1H3. The Labute approximate surface area is 179 Å². The maximum Gasteiger partial charge on any atom is 0.233 e. The highest BCUT2D eigenvalue weighted by molar-refractivity contribution is 7.22. The van der Waals surface area contributed by atoms with Crippen LogP contribution in [0, 0.1) is 0 Å². The van der Waals surface area contributed by atoms with Crippen LogP contribution in [0.2, 0.25) is 0 Å². The smallest absolute Gasteiger partial charge is 0.233 e. The highest BCUT2D eigenvalue weighted by Gasteiger charge is 2.27. The van der Waals surface area contributed by atoms with Crippen molar-refractivity contribution < 1.29 is 19.0 Å². The van der Waals surface area contributed by atoms with Crippen LogP contribution in [0.25, 0.3) is 10.2 Å². The molecule has 1 unspecified atom stereocenters. The number of ether oxygens (including phenoxy) is 3. The number of hydrogen-bond acceptors (Lipinski definition) is 6. The summed E-state index contributed by atoms with van der Waals surface area (Å²) < 4.78 is 17.8. The molecular weight excluding hydrogens is 400 g/mol. The number of aryl methyl sites for hydroxylation is 1. The monoisotopic (exact) mass is 424 g/mol. The van der Waals surface area contributed by atoms with E-state index < -0.39 is 0 Å². The Balaban J connectivity index is 1.44. The van der Waals surface area contributed by atoms with Crippen molar-refractivity contribution in [1.29, 1.82) is 0 Å². The first kappa shape index (κ1) is 19.3. The second-order valence-electron chi connectivity index (χ2n) is 7.62. The lowest BCUT2D eigenvalue weighted by Gasteiger charge is -2.23. The summed E-state index contributed by atoms with van der Waals surface area (Å²) in [6, 6.07) is 11.9. The summed E-state index contributed by atoms with van der Waals surface area (Å²) in [5.41, 5.74) is 3.10. The maximum atomic E-state index is 13.4. The summed E-state index contributed by atoms with van der Waals surface area (Å²) in [6.07, 6.45) is 3.26. The summed E-state index contributed by atoms with van der Waals surface area (Å²) in [5, 5.41) is 0.743. The number of hydrogen-bond donors (Lipinski definition) is 0. The summed E-state index contributed by atoms with van der Waals surface area (Å²) in [6.45, 7) is 3.64. The van der Waals surface area contributed by atoms with Crippen LogP contribution in [0.5, 0.6) is 11.5 Å². The van der Waals surface area contributed by atoms with Crippen molar-refractivity contribution in [2.24, 2.45) is 0 Å². The van der Waals surface area contributed by atoms with Crippen molar-refractivity contribution in [2.75, 3.05) is 24.8 Å². The highest BCUT2D eigenvalue weighted by Crippen LogP contribution is 2.34. The molecule has 2 aliphatic heterocycles. The predicted molar refractivity (Wildman–Crippen MR) is 117 cm³/mol. The number of fused-ring (bicyclic) bond motifs is 2. The van der Waals surface area contributed by atoms with E-state index in [2.05, 4.69) is 25.1 Å². The number of amides is 1. The minimum atomic E-state index is 0.0152. The molecule has 3 aromatic rings. The van der Waals surface area contributed by atoms with Gasteiger partial charge in [-0.2, -0.15) is 0 Å². The van der Waals surface area contributed by atoms with E-state index in [9.17, 15) is 4.79 Å². The fourth-order valence-electron chi connectivity index (χ4n) is 3.99. The van der Waals surface area contributed by atoms with E-state index in [1.807, 2.05) is 23.1 Å². The Morgan fingerprint density at radius 2 is 2.13 bits per heavy atom. The van der Waals surface area contributed by atoms with Crippen LogP contribution in [0.3, 0.4) is 0 Å². The van der Waals surface area contributed by atoms with Gasteiger partial charge in [-0.25, -0.2) is 4.98 Å². The third kappa shape index (κ3) is 3.75. The van der Waals surface area contributed by atoms with Gasteiger partial charge in [0.05, 0.1) is 29.3 Å². The zero-order valence-electron chi connectivity index (χ0n) is 16.9. The van der Waals surface area contributed by atoms with Crippen molar-refractivity contribution in [3.8, 4) is 11.5 Å². The molecule has 2 aliphatic rings. The Kier molecular flexibility index (Phi) is 5.31. The molecule has 0 spiro atoms. The summed E-state index contributed by atoms with van der Waals surface area (Å²) in [7, 11) is 0. The second kappa shape index (κ2) is 8.24. The van der Waals surface area contributed by atoms with Gasteiger partial charge >= 0.3 is 0 Å². The molecule has 1 saturated heterocycles. The summed E-state index contributed by atoms with van der Waals surface area (Å²) in [4.78, 5) is 20.1. The first-order valence-electron chi connectivity index (χ1n) is 10.4. The van der Waals surface area contributed by atoms with E-state index >= 15 is 0 Å². The molecule has 1 fully saturated rings. The molecule has 6 nitrogen and oxygen atoms in total. The Hall–Kier alpha value is -2.64. The van der Waals surface area contributed by atoms with Crippen LogP contribution < -0.4 is 14.4 Å². The van der Waals surface area contributed by atoms with Crippen LogP contribution in [0.15, 0.2) is 36.4 Å². The Morgan fingerprint density at radius 1 is 1.23 bits per heavy atom. The molecule has 0 radical (unpaired) electrons. The van der Waals surface area contributed by atoms with Crippen LogP contribution in [0.4, 0.5) is 5.13 Å². The number of carbonyl (C=O) groups excluding carboxylic acids is 1. The summed E-state index contributed by atoms with van der Waals surface area (Å²) >= 11 is 1.57. The fraction of sp³-hybridized carbons (Fsp3) is 0.391. The highest BCUT2D eigenvalue weighted by atomic mass is 32.1. The van der Waals surface area contributed by atoms with Crippen LogP contribution in [-0.4, -0.2) is 36.9 Å². The number of thiazole rings is 1. The molecule has 0 N–H and O–H groups in total. The van der Waals surface area contributed by atoms with Crippen molar-refractivity contribution >= 4 is 32.6 Å². The number of aromatic nitrogens is 1. The average molecular weight is 425 g/mol. The lowest BCUT2D eigenvalue weighted by atomic mass is 10.1. The minimum Gasteiger partial charge on any atom is -0.454 e. The first-order chi connectivity index (χ1) is 14.7. The quantitative estimate of drug-likeness (QED) is 0.589. The molecule has 30 heavy (non-hydrogen) atoms. The third-order valence-corrected chi connectivity index (χ3v) is 6.65. The molecule has 0 bridgehead atoms. The third-order valence-electron chi connectivity index (χ3n) is 5.61. The molecule has 7 heteroatoms. The van der Waals surface area contributed by atoms with Crippen LogP contribution in [-0.2, 0) is 22.4 Å². The zero-order chi connectivity index (χ0) is 20.5. The number of anilines is 1. The van der Waals surface area contributed by atoms with Gasteiger partial charge in [-0.15, -0.1) is 0 Å². The number of para-hydroxylation sites is 1. The molecule has 0 saturated carbocycles. The van der Waals surface area contributed by atoms with Crippen molar-refractivity contribution in [3.05, 3.63) is 47.5 Å². The Bertz CT molecular complexity index is 1070. The van der Waals surface area contributed by atoms with Gasteiger partial charge in [0.15, 0.2) is 16.6 Å². The number of carbonyl (C=O) groups is 1. The normalized spacial score (nSPS) is 17.6. The van der Waals surface area contributed by atoms with E-state index in [1.54, 1.807) is 11.3 Å². The number of rotatable bonds is 6. The van der Waals surface area contributed by atoms with Gasteiger partial charge in [-0.1, -0.05) is 36.5 Å². The van der Waals surface area contributed by atoms with E-state index in [0.717, 1.165) is 52.5 Å². The molecule has 1 amide bonds. The predicted octanol–water partition coefficient (Wildman–Crippen LogP) is 4.34. The molecular formula is C23H24N2O4S. The van der Waals surface area contributed by atoms with Gasteiger partial charge < -0.3 is 14.2 Å². The molecule has 156 valence electrons. The molecule has 0 aliphatic carbocycles. The largest absolute Gasteiger partial charge is 0.454 e. The summed E-state index contributed by atoms with van der Waals surface area (Å²) in [5.74, 6) is 1.43. The van der Waals surface area contributed by atoms with Gasteiger partial charge in [-0.3, -0.25) is 9.69 Å². The van der Waals surface area contributed by atoms with E-state index in [4.69, 9.17) is 19.2 Å². The van der Waals surface area contributed by atoms with Crippen LogP contribution in [0.1, 0.15) is 30.9 Å². The average Bonchev–Trinajstić information content (AvgIpc) is 3.51. The lowest BCUT2D eigenvalue weighted by molar-refractivity contribution is -0.118.